The first kappa shape index (κ1) is 15.5. The zero-order chi connectivity index (χ0) is 17.5. The lowest BCUT2D eigenvalue weighted by molar-refractivity contribution is -0.0190. The first-order valence-electron chi connectivity index (χ1n) is 8.72. The van der Waals surface area contributed by atoms with Gasteiger partial charge in [-0.3, -0.25) is 0 Å². The Balaban J connectivity index is 1.61. The number of hydrogen-bond donors (Lipinski definition) is 0. The summed E-state index contributed by atoms with van der Waals surface area (Å²) in [6.07, 6.45) is 0.580. The Morgan fingerprint density at radius 1 is 0.923 bits per heavy atom. The minimum atomic E-state index is -0.283. The predicted octanol–water partition coefficient (Wildman–Crippen LogP) is 5.58. The quantitative estimate of drug-likeness (QED) is 0.595. The summed E-state index contributed by atoms with van der Waals surface area (Å²) in [4.78, 5) is 0. The van der Waals surface area contributed by atoms with Crippen LogP contribution < -0.4 is 4.74 Å². The molecule has 5 rings (SSSR count). The molecule has 26 heavy (non-hydrogen) atoms. The molecular formula is C22H17ClN2O. The third kappa shape index (κ3) is 2.56. The molecule has 0 aromatic heterocycles. The van der Waals surface area contributed by atoms with E-state index in [1.165, 1.54) is 5.56 Å². The van der Waals surface area contributed by atoms with Gasteiger partial charge in [0.25, 0.3) is 0 Å². The lowest BCUT2D eigenvalue weighted by Gasteiger charge is -2.38. The van der Waals surface area contributed by atoms with Crippen molar-refractivity contribution in [1.29, 1.82) is 0 Å². The molecule has 4 heteroatoms. The van der Waals surface area contributed by atoms with E-state index in [4.69, 9.17) is 21.4 Å². The molecule has 3 nitrogen and oxygen atoms in total. The van der Waals surface area contributed by atoms with Crippen molar-refractivity contribution in [2.45, 2.75) is 18.7 Å². The highest BCUT2D eigenvalue weighted by Gasteiger charge is 2.40. The minimum Gasteiger partial charge on any atom is -0.464 e. The molecule has 0 spiro atoms. The molecular weight excluding hydrogens is 344 g/mol. The molecule has 0 bridgehead atoms. The second-order valence-electron chi connectivity index (χ2n) is 6.58. The molecule has 0 N–H and O–H groups in total. The molecule has 2 heterocycles. The van der Waals surface area contributed by atoms with Crippen LogP contribution in [-0.4, -0.2) is 10.7 Å². The maximum atomic E-state index is 6.33. The molecule has 2 aliphatic heterocycles. The Bertz CT molecular complexity index is 986. The third-order valence-electron chi connectivity index (χ3n) is 4.94. The summed E-state index contributed by atoms with van der Waals surface area (Å²) in [6, 6.07) is 26.6. The fraction of sp³-hybridized carbons (Fsp3) is 0.136. The van der Waals surface area contributed by atoms with E-state index in [9.17, 15) is 0 Å². The molecule has 3 aromatic carbocycles. The molecule has 0 unspecified atom stereocenters. The van der Waals surface area contributed by atoms with Crippen LogP contribution in [-0.2, 0) is 0 Å². The SMILES string of the molecule is Clc1cccc([C@H]2Oc3ccccc3[C@H]3CC(c4ccccc4)=NN32)c1. The lowest BCUT2D eigenvalue weighted by atomic mass is 9.96. The van der Waals surface area contributed by atoms with Crippen LogP contribution in [0.4, 0.5) is 0 Å². The zero-order valence-electron chi connectivity index (χ0n) is 14.0. The van der Waals surface area contributed by atoms with Gasteiger partial charge in [-0.15, -0.1) is 0 Å². The Morgan fingerprint density at radius 2 is 1.73 bits per heavy atom. The molecule has 0 saturated heterocycles. The van der Waals surface area contributed by atoms with E-state index in [1.807, 2.05) is 54.6 Å². The predicted molar refractivity (Wildman–Crippen MR) is 103 cm³/mol. The second-order valence-corrected chi connectivity index (χ2v) is 7.01. The number of hydrazone groups is 1. The van der Waals surface area contributed by atoms with Crippen molar-refractivity contribution in [3.05, 3.63) is 101 Å². The van der Waals surface area contributed by atoms with Gasteiger partial charge in [0.1, 0.15) is 5.75 Å². The molecule has 0 saturated carbocycles. The van der Waals surface area contributed by atoms with E-state index in [0.717, 1.165) is 29.0 Å². The van der Waals surface area contributed by atoms with Crippen molar-refractivity contribution < 1.29 is 4.74 Å². The summed E-state index contributed by atoms with van der Waals surface area (Å²) in [5, 5.41) is 7.73. The number of halogens is 1. The normalized spacial score (nSPS) is 20.8. The van der Waals surface area contributed by atoms with Crippen molar-refractivity contribution in [3.8, 4) is 5.75 Å². The van der Waals surface area contributed by atoms with E-state index in [2.05, 4.69) is 29.3 Å². The van der Waals surface area contributed by atoms with Crippen LogP contribution in [0.25, 0.3) is 0 Å². The van der Waals surface area contributed by atoms with Gasteiger partial charge in [-0.1, -0.05) is 72.3 Å². The average molecular weight is 361 g/mol. The summed E-state index contributed by atoms with van der Waals surface area (Å²) in [5.74, 6) is 0.920. The fourth-order valence-corrected chi connectivity index (χ4v) is 3.92. The summed E-state index contributed by atoms with van der Waals surface area (Å²) in [5.41, 5.74) is 4.43. The van der Waals surface area contributed by atoms with E-state index < -0.39 is 0 Å². The van der Waals surface area contributed by atoms with Gasteiger partial charge in [0.15, 0.2) is 0 Å². The van der Waals surface area contributed by atoms with Crippen molar-refractivity contribution in [2.24, 2.45) is 5.10 Å². The molecule has 0 amide bonds. The number of rotatable bonds is 2. The number of benzene rings is 3. The molecule has 2 aliphatic rings. The standard InChI is InChI=1S/C22H17ClN2O/c23-17-10-6-9-16(13-17)22-25-20(18-11-4-5-12-21(18)26-22)14-19(24-25)15-7-2-1-3-8-15/h1-13,20,22H,14H2/t20-,22-/m1/s1. The van der Waals surface area contributed by atoms with Crippen molar-refractivity contribution in [1.82, 2.24) is 5.01 Å². The smallest absolute Gasteiger partial charge is 0.213 e. The average Bonchev–Trinajstić information content (AvgIpc) is 3.14. The Morgan fingerprint density at radius 3 is 2.58 bits per heavy atom. The highest BCUT2D eigenvalue weighted by atomic mass is 35.5. The van der Waals surface area contributed by atoms with Gasteiger partial charge in [0, 0.05) is 22.6 Å². The fourth-order valence-electron chi connectivity index (χ4n) is 3.72. The van der Waals surface area contributed by atoms with Gasteiger partial charge in [-0.2, -0.15) is 5.10 Å². The molecule has 3 aromatic rings. The highest BCUT2D eigenvalue weighted by molar-refractivity contribution is 6.30. The van der Waals surface area contributed by atoms with Gasteiger partial charge >= 0.3 is 0 Å². The van der Waals surface area contributed by atoms with Crippen LogP contribution in [0.3, 0.4) is 0 Å². The monoisotopic (exact) mass is 360 g/mol. The van der Waals surface area contributed by atoms with E-state index in [-0.39, 0.29) is 12.3 Å². The third-order valence-corrected chi connectivity index (χ3v) is 5.18. The van der Waals surface area contributed by atoms with Gasteiger partial charge in [-0.05, 0) is 23.8 Å². The Hall–Kier alpha value is -2.78. The first-order valence-corrected chi connectivity index (χ1v) is 9.10. The summed E-state index contributed by atoms with van der Waals surface area (Å²) >= 11 is 6.22. The topological polar surface area (TPSA) is 24.8 Å². The maximum absolute atomic E-state index is 6.33. The number of hydrogen-bond acceptors (Lipinski definition) is 3. The second kappa shape index (κ2) is 6.19. The Labute approximate surface area is 157 Å². The van der Waals surface area contributed by atoms with Gasteiger partial charge < -0.3 is 4.74 Å². The zero-order valence-corrected chi connectivity index (χ0v) is 14.8. The largest absolute Gasteiger partial charge is 0.464 e. The van der Waals surface area contributed by atoms with E-state index in [1.54, 1.807) is 0 Å². The maximum Gasteiger partial charge on any atom is 0.213 e. The van der Waals surface area contributed by atoms with Crippen LogP contribution in [0.5, 0.6) is 5.75 Å². The summed E-state index contributed by atoms with van der Waals surface area (Å²) < 4.78 is 6.33. The molecule has 2 atom stereocenters. The first-order chi connectivity index (χ1) is 12.8. The van der Waals surface area contributed by atoms with E-state index in [0.29, 0.717) is 5.02 Å². The lowest BCUT2D eigenvalue weighted by Crippen LogP contribution is -2.33. The van der Waals surface area contributed by atoms with Crippen LogP contribution in [0.1, 0.15) is 35.4 Å². The van der Waals surface area contributed by atoms with Gasteiger partial charge in [-0.25, -0.2) is 5.01 Å². The van der Waals surface area contributed by atoms with Crippen molar-refractivity contribution in [3.63, 3.8) is 0 Å². The van der Waals surface area contributed by atoms with Gasteiger partial charge in [0.2, 0.25) is 6.23 Å². The summed E-state index contributed by atoms with van der Waals surface area (Å²) in [6.45, 7) is 0. The Kier molecular flexibility index (Phi) is 3.68. The van der Waals surface area contributed by atoms with E-state index >= 15 is 0 Å². The van der Waals surface area contributed by atoms with Crippen LogP contribution in [0.2, 0.25) is 5.02 Å². The highest BCUT2D eigenvalue weighted by Crippen LogP contribution is 2.47. The van der Waals surface area contributed by atoms with Crippen LogP contribution >= 0.6 is 11.6 Å². The molecule has 0 radical (unpaired) electrons. The van der Waals surface area contributed by atoms with Gasteiger partial charge in [0.05, 0.1) is 11.8 Å². The summed E-state index contributed by atoms with van der Waals surface area (Å²) in [7, 11) is 0. The number of nitrogens with zero attached hydrogens (tertiary/aromatic N) is 2. The number of fused-ring (bicyclic) bond motifs is 3. The van der Waals surface area contributed by atoms with Crippen LogP contribution in [0, 0.1) is 0 Å². The van der Waals surface area contributed by atoms with Crippen LogP contribution in [0.15, 0.2) is 84.0 Å². The number of para-hydroxylation sites is 1. The van der Waals surface area contributed by atoms with Crippen molar-refractivity contribution in [2.75, 3.05) is 0 Å². The minimum absolute atomic E-state index is 0.166. The number of ether oxygens (including phenoxy) is 1. The molecule has 0 aliphatic carbocycles. The molecule has 0 fully saturated rings. The molecule has 128 valence electrons. The van der Waals surface area contributed by atoms with Crippen molar-refractivity contribution >= 4 is 17.3 Å².